The van der Waals surface area contributed by atoms with Gasteiger partial charge in [0.2, 0.25) is 10.0 Å². The van der Waals surface area contributed by atoms with Crippen LogP contribution in [0.3, 0.4) is 0 Å². The summed E-state index contributed by atoms with van der Waals surface area (Å²) in [6.45, 7) is 5.45. The van der Waals surface area contributed by atoms with Gasteiger partial charge in [-0.05, 0) is 32.2 Å². The van der Waals surface area contributed by atoms with Gasteiger partial charge >= 0.3 is 0 Å². The second-order valence-electron chi connectivity index (χ2n) is 3.81. The highest BCUT2D eigenvalue weighted by Crippen LogP contribution is 2.15. The maximum Gasteiger partial charge on any atom is 0.241 e. The van der Waals surface area contributed by atoms with E-state index < -0.39 is 15.6 Å². The maximum absolute atomic E-state index is 11.6. The topological polar surface area (TPSA) is 46.2 Å². The average Bonchev–Trinajstić information content (AvgIpc) is 2.29. The summed E-state index contributed by atoms with van der Waals surface area (Å²) < 4.78 is 25.8. The number of hydrogen-bond acceptors (Lipinski definition) is 3. The summed E-state index contributed by atoms with van der Waals surface area (Å²) in [4.78, 5) is 0.340. The molecule has 0 fully saturated rings. The quantitative estimate of drug-likeness (QED) is 0.824. The summed E-state index contributed by atoms with van der Waals surface area (Å²) in [5.41, 5.74) is -0.430. The van der Waals surface area contributed by atoms with Crippen LogP contribution in [0.15, 0.2) is 21.7 Å². The molecule has 0 bridgehead atoms. The Labute approximate surface area is 82.8 Å². The van der Waals surface area contributed by atoms with Gasteiger partial charge < -0.3 is 0 Å². The highest BCUT2D eigenvalue weighted by Gasteiger charge is 2.21. The lowest BCUT2D eigenvalue weighted by atomic mass is 10.1. The van der Waals surface area contributed by atoms with Crippen molar-refractivity contribution in [2.24, 2.45) is 0 Å². The lowest BCUT2D eigenvalue weighted by Crippen LogP contribution is -2.40. The summed E-state index contributed by atoms with van der Waals surface area (Å²) in [5, 5.41) is 3.37. The van der Waals surface area contributed by atoms with Crippen LogP contribution in [0.5, 0.6) is 0 Å². The van der Waals surface area contributed by atoms with Gasteiger partial charge in [-0.3, -0.25) is 0 Å². The highest BCUT2D eigenvalue weighted by atomic mass is 32.2. The van der Waals surface area contributed by atoms with Crippen LogP contribution in [0.1, 0.15) is 20.8 Å². The molecule has 74 valence electrons. The molecule has 0 radical (unpaired) electrons. The molecule has 1 rings (SSSR count). The molecular weight excluding hydrogens is 206 g/mol. The Kier molecular flexibility index (Phi) is 2.79. The van der Waals surface area contributed by atoms with E-state index in [2.05, 4.69) is 4.72 Å². The van der Waals surface area contributed by atoms with Crippen LogP contribution in [0.25, 0.3) is 0 Å². The average molecular weight is 219 g/mol. The van der Waals surface area contributed by atoms with Crippen molar-refractivity contribution in [3.05, 3.63) is 16.8 Å². The predicted octanol–water partition coefficient (Wildman–Crippen LogP) is 1.82. The van der Waals surface area contributed by atoms with Crippen LogP contribution >= 0.6 is 11.3 Å². The van der Waals surface area contributed by atoms with E-state index in [1.165, 1.54) is 11.3 Å². The lowest BCUT2D eigenvalue weighted by molar-refractivity contribution is 0.491. The van der Waals surface area contributed by atoms with Gasteiger partial charge in [0.05, 0.1) is 4.90 Å². The van der Waals surface area contributed by atoms with Crippen LogP contribution in [-0.4, -0.2) is 14.0 Å². The van der Waals surface area contributed by atoms with Gasteiger partial charge in [-0.1, -0.05) is 0 Å². The smallest absolute Gasteiger partial charge is 0.207 e. The Morgan fingerprint density at radius 1 is 1.38 bits per heavy atom. The molecule has 0 aliphatic heterocycles. The summed E-state index contributed by atoms with van der Waals surface area (Å²) in [5.74, 6) is 0. The second kappa shape index (κ2) is 3.40. The molecule has 1 aromatic rings. The van der Waals surface area contributed by atoms with Crippen molar-refractivity contribution < 1.29 is 8.42 Å². The molecule has 13 heavy (non-hydrogen) atoms. The van der Waals surface area contributed by atoms with Crippen molar-refractivity contribution in [1.29, 1.82) is 0 Å². The minimum absolute atomic E-state index is 0.340. The van der Waals surface area contributed by atoms with E-state index in [4.69, 9.17) is 0 Å². The Balaban J connectivity index is 2.93. The van der Waals surface area contributed by atoms with Gasteiger partial charge in [0, 0.05) is 10.9 Å². The molecule has 5 heteroatoms. The Hall–Kier alpha value is -0.390. The Morgan fingerprint density at radius 3 is 2.38 bits per heavy atom. The largest absolute Gasteiger partial charge is 0.241 e. The van der Waals surface area contributed by atoms with Gasteiger partial charge in [0.25, 0.3) is 0 Å². The molecule has 0 aliphatic rings. The number of sulfonamides is 1. The van der Waals surface area contributed by atoms with E-state index in [0.717, 1.165) is 0 Å². The fraction of sp³-hybridized carbons (Fsp3) is 0.500. The van der Waals surface area contributed by atoms with Crippen molar-refractivity contribution in [1.82, 2.24) is 4.72 Å². The minimum atomic E-state index is -3.31. The fourth-order valence-electron chi connectivity index (χ4n) is 0.867. The SMILES string of the molecule is CC(C)(C)NS(=O)(=O)c1ccsc1. The van der Waals surface area contributed by atoms with Gasteiger partial charge in [0.1, 0.15) is 0 Å². The molecule has 0 spiro atoms. The van der Waals surface area contributed by atoms with E-state index >= 15 is 0 Å². The van der Waals surface area contributed by atoms with E-state index in [9.17, 15) is 8.42 Å². The monoisotopic (exact) mass is 219 g/mol. The van der Waals surface area contributed by atoms with Crippen LogP contribution in [0.4, 0.5) is 0 Å². The molecule has 1 heterocycles. The predicted molar refractivity (Wildman–Crippen MR) is 54.4 cm³/mol. The van der Waals surface area contributed by atoms with Crippen LogP contribution in [0.2, 0.25) is 0 Å². The Bertz CT molecular complexity index is 359. The molecule has 0 aliphatic carbocycles. The number of hydrogen-bond donors (Lipinski definition) is 1. The van der Waals surface area contributed by atoms with Crippen molar-refractivity contribution in [3.63, 3.8) is 0 Å². The zero-order valence-corrected chi connectivity index (χ0v) is 9.50. The normalized spacial score (nSPS) is 13.2. The van der Waals surface area contributed by atoms with Crippen molar-refractivity contribution in [2.75, 3.05) is 0 Å². The standard InChI is InChI=1S/C8H13NO2S2/c1-8(2,3)9-13(10,11)7-4-5-12-6-7/h4-6,9H,1-3H3. The van der Waals surface area contributed by atoms with Crippen molar-refractivity contribution >= 4 is 21.4 Å². The molecule has 0 saturated carbocycles. The number of rotatable bonds is 2. The first-order valence-electron chi connectivity index (χ1n) is 3.87. The van der Waals surface area contributed by atoms with Crippen LogP contribution in [-0.2, 0) is 10.0 Å². The first-order valence-corrected chi connectivity index (χ1v) is 6.30. The van der Waals surface area contributed by atoms with Gasteiger partial charge in [-0.15, -0.1) is 0 Å². The first kappa shape index (κ1) is 10.7. The molecule has 0 saturated heterocycles. The van der Waals surface area contributed by atoms with Gasteiger partial charge in [-0.2, -0.15) is 11.3 Å². The maximum atomic E-state index is 11.6. The van der Waals surface area contributed by atoms with E-state index in [-0.39, 0.29) is 0 Å². The summed E-state index contributed by atoms with van der Waals surface area (Å²) >= 11 is 1.37. The van der Waals surface area contributed by atoms with Gasteiger partial charge in [-0.25, -0.2) is 13.1 Å². The summed E-state index contributed by atoms with van der Waals surface area (Å²) in [6.07, 6.45) is 0. The number of nitrogens with one attached hydrogen (secondary N) is 1. The number of thiophene rings is 1. The van der Waals surface area contributed by atoms with Crippen LogP contribution < -0.4 is 4.72 Å². The minimum Gasteiger partial charge on any atom is -0.207 e. The zero-order valence-electron chi connectivity index (χ0n) is 7.87. The zero-order chi connectivity index (χ0) is 10.1. The second-order valence-corrected chi connectivity index (χ2v) is 6.28. The third kappa shape index (κ3) is 3.10. The molecule has 0 aromatic carbocycles. The van der Waals surface area contributed by atoms with E-state index in [0.29, 0.717) is 4.90 Å². The highest BCUT2D eigenvalue weighted by molar-refractivity contribution is 7.89. The molecule has 0 amide bonds. The Morgan fingerprint density at radius 2 is 2.00 bits per heavy atom. The third-order valence-corrected chi connectivity index (χ3v) is 3.83. The summed E-state index contributed by atoms with van der Waals surface area (Å²) in [7, 11) is -3.31. The van der Waals surface area contributed by atoms with Gasteiger partial charge in [0.15, 0.2) is 0 Å². The summed E-state index contributed by atoms with van der Waals surface area (Å²) in [6, 6.07) is 1.60. The van der Waals surface area contributed by atoms with Crippen molar-refractivity contribution in [3.8, 4) is 0 Å². The first-order chi connectivity index (χ1) is 5.81. The fourth-order valence-corrected chi connectivity index (χ4v) is 3.31. The molecule has 0 atom stereocenters. The molecular formula is C8H13NO2S2. The molecule has 0 unspecified atom stereocenters. The van der Waals surface area contributed by atoms with Crippen molar-refractivity contribution in [2.45, 2.75) is 31.2 Å². The molecule has 3 nitrogen and oxygen atoms in total. The molecule has 1 aromatic heterocycles. The van der Waals surface area contributed by atoms with E-state index in [1.807, 2.05) is 20.8 Å². The third-order valence-electron chi connectivity index (χ3n) is 1.25. The van der Waals surface area contributed by atoms with E-state index in [1.54, 1.807) is 16.8 Å². The molecule has 1 N–H and O–H groups in total. The van der Waals surface area contributed by atoms with Crippen LogP contribution in [0, 0.1) is 0 Å². The lowest BCUT2D eigenvalue weighted by Gasteiger charge is -2.19.